The summed E-state index contributed by atoms with van der Waals surface area (Å²) in [5, 5.41) is 0. The second-order valence-electron chi connectivity index (χ2n) is 4.48. The van der Waals surface area contributed by atoms with Crippen LogP contribution in [0.5, 0.6) is 0 Å². The number of hydrogen-bond acceptors (Lipinski definition) is 1. The van der Waals surface area contributed by atoms with Crippen molar-refractivity contribution in [3.63, 3.8) is 0 Å². The Morgan fingerprint density at radius 2 is 2.15 bits per heavy atom. The smallest absolute Gasteiger partial charge is 0.0258 e. The van der Waals surface area contributed by atoms with Gasteiger partial charge < -0.3 is 4.90 Å². The zero-order chi connectivity index (χ0) is 9.10. The van der Waals surface area contributed by atoms with Gasteiger partial charge in [-0.25, -0.2) is 0 Å². The van der Waals surface area contributed by atoms with Gasteiger partial charge in [-0.3, -0.25) is 0 Å². The molecule has 2 rings (SSSR count). The lowest BCUT2D eigenvalue weighted by atomic mass is 9.98. The van der Waals surface area contributed by atoms with Crippen molar-refractivity contribution < 1.29 is 0 Å². The molecular weight excluding hydrogens is 158 g/mol. The van der Waals surface area contributed by atoms with E-state index in [2.05, 4.69) is 17.9 Å². The summed E-state index contributed by atoms with van der Waals surface area (Å²) < 4.78 is 0. The van der Waals surface area contributed by atoms with E-state index < -0.39 is 0 Å². The molecule has 1 aliphatic heterocycles. The molecule has 1 unspecified atom stereocenters. The third-order valence-corrected chi connectivity index (χ3v) is 3.44. The standard InChI is InChI=1S/C12H21N/c1-11-7-5-6-10-13(11)12-8-3-2-4-9-12/h8,11H,2-7,9-10H2,1H3. The molecule has 1 nitrogen and oxygen atoms in total. The molecule has 1 heterocycles. The minimum Gasteiger partial charge on any atom is -0.372 e. The minimum atomic E-state index is 0.804. The van der Waals surface area contributed by atoms with Crippen molar-refractivity contribution in [2.24, 2.45) is 0 Å². The van der Waals surface area contributed by atoms with Crippen molar-refractivity contribution in [3.05, 3.63) is 11.8 Å². The van der Waals surface area contributed by atoms with Gasteiger partial charge in [0.1, 0.15) is 0 Å². The number of piperidine rings is 1. The van der Waals surface area contributed by atoms with E-state index in [4.69, 9.17) is 0 Å². The lowest BCUT2D eigenvalue weighted by Crippen LogP contribution is -2.37. The van der Waals surface area contributed by atoms with Crippen LogP contribution in [0.1, 0.15) is 51.9 Å². The Morgan fingerprint density at radius 1 is 1.23 bits per heavy atom. The van der Waals surface area contributed by atoms with Crippen LogP contribution in [0.3, 0.4) is 0 Å². The Labute approximate surface area is 81.8 Å². The lowest BCUT2D eigenvalue weighted by Gasteiger charge is -2.38. The molecule has 1 aliphatic carbocycles. The number of rotatable bonds is 1. The molecule has 0 aromatic heterocycles. The summed E-state index contributed by atoms with van der Waals surface area (Å²) >= 11 is 0. The number of allylic oxidation sites excluding steroid dienone is 2. The van der Waals surface area contributed by atoms with E-state index >= 15 is 0 Å². The van der Waals surface area contributed by atoms with Gasteiger partial charge >= 0.3 is 0 Å². The molecule has 13 heavy (non-hydrogen) atoms. The molecule has 0 bridgehead atoms. The first-order chi connectivity index (χ1) is 6.38. The molecule has 1 saturated heterocycles. The van der Waals surface area contributed by atoms with Crippen molar-refractivity contribution in [1.29, 1.82) is 0 Å². The molecule has 74 valence electrons. The summed E-state index contributed by atoms with van der Waals surface area (Å²) in [6.45, 7) is 3.70. The van der Waals surface area contributed by atoms with Crippen molar-refractivity contribution in [1.82, 2.24) is 4.90 Å². The molecule has 1 atom stereocenters. The highest BCUT2D eigenvalue weighted by Gasteiger charge is 2.20. The lowest BCUT2D eigenvalue weighted by molar-refractivity contribution is 0.198. The zero-order valence-electron chi connectivity index (χ0n) is 8.76. The van der Waals surface area contributed by atoms with E-state index in [1.807, 2.05) is 0 Å². The maximum atomic E-state index is 2.66. The summed E-state index contributed by atoms with van der Waals surface area (Å²) in [5.74, 6) is 0. The minimum absolute atomic E-state index is 0.804. The van der Waals surface area contributed by atoms with Crippen LogP contribution in [0.2, 0.25) is 0 Å². The Bertz CT molecular complexity index is 195. The normalized spacial score (nSPS) is 30.1. The first kappa shape index (κ1) is 9.11. The molecule has 0 aromatic rings. The summed E-state index contributed by atoms with van der Waals surface area (Å²) in [7, 11) is 0. The van der Waals surface area contributed by atoms with E-state index in [-0.39, 0.29) is 0 Å². The highest BCUT2D eigenvalue weighted by Crippen LogP contribution is 2.27. The first-order valence-electron chi connectivity index (χ1n) is 5.83. The molecule has 2 aliphatic rings. The van der Waals surface area contributed by atoms with Crippen LogP contribution in [0, 0.1) is 0 Å². The van der Waals surface area contributed by atoms with Crippen LogP contribution < -0.4 is 0 Å². The fourth-order valence-corrected chi connectivity index (χ4v) is 2.61. The van der Waals surface area contributed by atoms with Gasteiger partial charge in [0, 0.05) is 18.3 Å². The van der Waals surface area contributed by atoms with E-state index in [9.17, 15) is 0 Å². The molecule has 0 N–H and O–H groups in total. The maximum Gasteiger partial charge on any atom is 0.0258 e. The quantitative estimate of drug-likeness (QED) is 0.597. The van der Waals surface area contributed by atoms with Crippen molar-refractivity contribution in [3.8, 4) is 0 Å². The van der Waals surface area contributed by atoms with E-state index in [1.54, 1.807) is 5.70 Å². The van der Waals surface area contributed by atoms with Crippen LogP contribution in [-0.4, -0.2) is 17.5 Å². The zero-order valence-corrected chi connectivity index (χ0v) is 8.76. The van der Waals surface area contributed by atoms with Gasteiger partial charge in [-0.2, -0.15) is 0 Å². The van der Waals surface area contributed by atoms with E-state index in [0.29, 0.717) is 0 Å². The summed E-state index contributed by atoms with van der Waals surface area (Å²) in [4.78, 5) is 2.66. The predicted octanol–water partition coefficient (Wildman–Crippen LogP) is 3.32. The molecule has 0 saturated carbocycles. The Hall–Kier alpha value is -0.460. The van der Waals surface area contributed by atoms with Gasteiger partial charge in [-0.1, -0.05) is 6.08 Å². The van der Waals surface area contributed by atoms with Gasteiger partial charge in [0.25, 0.3) is 0 Å². The number of hydrogen-bond donors (Lipinski definition) is 0. The maximum absolute atomic E-state index is 2.66. The Morgan fingerprint density at radius 3 is 2.85 bits per heavy atom. The van der Waals surface area contributed by atoms with Gasteiger partial charge in [0.2, 0.25) is 0 Å². The number of likely N-dealkylation sites (tertiary alicyclic amines) is 1. The molecule has 0 aromatic carbocycles. The fraction of sp³-hybridized carbons (Fsp3) is 0.833. The van der Waals surface area contributed by atoms with E-state index in [0.717, 1.165) is 6.04 Å². The first-order valence-corrected chi connectivity index (χ1v) is 5.83. The van der Waals surface area contributed by atoms with Crippen LogP contribution in [-0.2, 0) is 0 Å². The predicted molar refractivity (Wildman–Crippen MR) is 56.6 cm³/mol. The molecule has 0 radical (unpaired) electrons. The van der Waals surface area contributed by atoms with Gasteiger partial charge in [-0.05, 0) is 51.9 Å². The summed E-state index contributed by atoms with van der Waals surface area (Å²) in [6, 6.07) is 0.804. The van der Waals surface area contributed by atoms with Crippen molar-refractivity contribution in [2.75, 3.05) is 6.54 Å². The summed E-state index contributed by atoms with van der Waals surface area (Å²) in [5.41, 5.74) is 1.65. The van der Waals surface area contributed by atoms with Crippen LogP contribution in [0.15, 0.2) is 11.8 Å². The van der Waals surface area contributed by atoms with Crippen molar-refractivity contribution >= 4 is 0 Å². The summed E-state index contributed by atoms with van der Waals surface area (Å²) in [6.07, 6.45) is 12.2. The third-order valence-electron chi connectivity index (χ3n) is 3.44. The second-order valence-corrected chi connectivity index (χ2v) is 4.48. The fourth-order valence-electron chi connectivity index (χ4n) is 2.61. The largest absolute Gasteiger partial charge is 0.372 e. The highest BCUT2D eigenvalue weighted by molar-refractivity contribution is 5.06. The van der Waals surface area contributed by atoms with Gasteiger partial charge in [-0.15, -0.1) is 0 Å². The average molecular weight is 179 g/mol. The monoisotopic (exact) mass is 179 g/mol. The Kier molecular flexibility index (Phi) is 2.92. The molecule has 1 heteroatoms. The van der Waals surface area contributed by atoms with Gasteiger partial charge in [0.15, 0.2) is 0 Å². The molecular formula is C12H21N. The van der Waals surface area contributed by atoms with Crippen LogP contribution in [0.4, 0.5) is 0 Å². The Balaban J connectivity index is 2.00. The van der Waals surface area contributed by atoms with Crippen molar-refractivity contribution in [2.45, 2.75) is 57.9 Å². The van der Waals surface area contributed by atoms with Crippen LogP contribution >= 0.6 is 0 Å². The van der Waals surface area contributed by atoms with Crippen LogP contribution in [0.25, 0.3) is 0 Å². The number of nitrogens with zero attached hydrogens (tertiary/aromatic N) is 1. The topological polar surface area (TPSA) is 3.24 Å². The average Bonchev–Trinajstić information content (AvgIpc) is 2.20. The molecule has 0 amide bonds. The molecule has 0 spiro atoms. The molecule has 1 fully saturated rings. The second kappa shape index (κ2) is 4.17. The SMILES string of the molecule is CC1CCCCN1C1=CCCCC1. The van der Waals surface area contributed by atoms with Gasteiger partial charge in [0.05, 0.1) is 0 Å². The van der Waals surface area contributed by atoms with E-state index in [1.165, 1.54) is 51.5 Å². The third kappa shape index (κ3) is 2.07. The highest BCUT2D eigenvalue weighted by atomic mass is 15.2.